The number of piperidine rings is 1. The first-order chi connectivity index (χ1) is 11.1. The molecule has 0 bridgehead atoms. The zero-order chi connectivity index (χ0) is 16.4. The van der Waals surface area contributed by atoms with E-state index >= 15 is 0 Å². The van der Waals surface area contributed by atoms with Crippen molar-refractivity contribution in [3.63, 3.8) is 0 Å². The van der Waals surface area contributed by atoms with Crippen LogP contribution in [-0.4, -0.2) is 34.2 Å². The molecular formula is C18H22N2O3. The van der Waals surface area contributed by atoms with Gasteiger partial charge in [-0.3, -0.25) is 4.79 Å². The summed E-state index contributed by atoms with van der Waals surface area (Å²) >= 11 is 0. The summed E-state index contributed by atoms with van der Waals surface area (Å²) in [7, 11) is 0. The van der Waals surface area contributed by atoms with Crippen molar-refractivity contribution < 1.29 is 14.4 Å². The fraction of sp³-hybridized carbons (Fsp3) is 0.444. The van der Waals surface area contributed by atoms with E-state index < -0.39 is 6.10 Å². The first-order valence-electron chi connectivity index (χ1n) is 8.10. The Balaban J connectivity index is 1.99. The zero-order valence-electron chi connectivity index (χ0n) is 13.5. The molecule has 2 heterocycles. The first-order valence-corrected chi connectivity index (χ1v) is 8.10. The van der Waals surface area contributed by atoms with Crippen LogP contribution in [0.1, 0.15) is 48.9 Å². The number of aromatic nitrogens is 1. The van der Waals surface area contributed by atoms with E-state index in [2.05, 4.69) is 12.1 Å². The predicted octanol–water partition coefficient (Wildman–Crippen LogP) is 3.27. The van der Waals surface area contributed by atoms with Gasteiger partial charge in [-0.2, -0.15) is 0 Å². The second-order valence-electron chi connectivity index (χ2n) is 6.29. The van der Waals surface area contributed by atoms with Crippen LogP contribution in [0.15, 0.2) is 34.9 Å². The van der Waals surface area contributed by atoms with Crippen LogP contribution in [-0.2, 0) is 0 Å². The van der Waals surface area contributed by atoms with Crippen molar-refractivity contribution in [3.8, 4) is 11.3 Å². The van der Waals surface area contributed by atoms with E-state index in [1.807, 2.05) is 35.2 Å². The molecule has 0 radical (unpaired) electrons. The third kappa shape index (κ3) is 3.15. The third-order valence-electron chi connectivity index (χ3n) is 4.43. The number of aliphatic hydroxyl groups excluding tert-OH is 1. The normalized spacial score (nSPS) is 17.3. The number of rotatable bonds is 3. The maximum Gasteiger partial charge on any atom is 0.259 e. The van der Waals surface area contributed by atoms with Crippen molar-refractivity contribution in [1.82, 2.24) is 10.1 Å². The van der Waals surface area contributed by atoms with Crippen LogP contribution in [0, 0.1) is 5.92 Å². The standard InChI is InChI=1S/C18H22N2O3/c1-12-8-10-20(11-9-12)18(22)15-16(14-6-4-3-5-7-14)19-23-17(15)13(2)21/h3-7,12-13,21H,8-11H2,1-2H3. The summed E-state index contributed by atoms with van der Waals surface area (Å²) in [6.45, 7) is 5.26. The number of likely N-dealkylation sites (tertiary alicyclic amines) is 1. The van der Waals surface area contributed by atoms with Crippen molar-refractivity contribution in [2.45, 2.75) is 32.8 Å². The summed E-state index contributed by atoms with van der Waals surface area (Å²) in [4.78, 5) is 14.8. The Labute approximate surface area is 135 Å². The molecule has 5 nitrogen and oxygen atoms in total. The quantitative estimate of drug-likeness (QED) is 0.944. The van der Waals surface area contributed by atoms with E-state index in [4.69, 9.17) is 4.52 Å². The smallest absolute Gasteiger partial charge is 0.259 e. The van der Waals surface area contributed by atoms with Gasteiger partial charge in [0.15, 0.2) is 5.76 Å². The number of aliphatic hydroxyl groups is 1. The molecule has 23 heavy (non-hydrogen) atoms. The minimum absolute atomic E-state index is 0.104. The van der Waals surface area contributed by atoms with Gasteiger partial charge >= 0.3 is 0 Å². The van der Waals surface area contributed by atoms with Crippen LogP contribution in [0.5, 0.6) is 0 Å². The average Bonchev–Trinajstić information content (AvgIpc) is 3.01. The maximum atomic E-state index is 13.0. The van der Waals surface area contributed by atoms with Gasteiger partial charge in [0, 0.05) is 18.7 Å². The number of carbonyl (C=O) groups is 1. The van der Waals surface area contributed by atoms with Gasteiger partial charge < -0.3 is 14.5 Å². The van der Waals surface area contributed by atoms with E-state index in [9.17, 15) is 9.90 Å². The van der Waals surface area contributed by atoms with Gasteiger partial charge in [-0.05, 0) is 25.7 Å². The zero-order valence-corrected chi connectivity index (χ0v) is 13.5. The summed E-state index contributed by atoms with van der Waals surface area (Å²) in [6.07, 6.45) is 1.13. The van der Waals surface area contributed by atoms with Crippen molar-refractivity contribution >= 4 is 5.91 Å². The lowest BCUT2D eigenvalue weighted by Gasteiger charge is -2.30. The number of hydrogen-bond acceptors (Lipinski definition) is 4. The number of hydrogen-bond donors (Lipinski definition) is 1. The topological polar surface area (TPSA) is 66.6 Å². The highest BCUT2D eigenvalue weighted by Gasteiger charge is 2.31. The van der Waals surface area contributed by atoms with Gasteiger partial charge in [0.25, 0.3) is 5.91 Å². The molecule has 3 rings (SSSR count). The molecule has 0 saturated carbocycles. The molecule has 1 amide bonds. The van der Waals surface area contributed by atoms with Gasteiger partial charge in [-0.1, -0.05) is 42.4 Å². The largest absolute Gasteiger partial charge is 0.385 e. The van der Waals surface area contributed by atoms with Gasteiger partial charge in [0.05, 0.1) is 0 Å². The lowest BCUT2D eigenvalue weighted by molar-refractivity contribution is 0.0686. The van der Waals surface area contributed by atoms with Crippen LogP contribution in [0.25, 0.3) is 11.3 Å². The number of amides is 1. The molecular weight excluding hydrogens is 292 g/mol. The summed E-state index contributed by atoms with van der Waals surface area (Å²) in [5.41, 5.74) is 1.71. The molecule has 1 aliphatic rings. The lowest BCUT2D eigenvalue weighted by Crippen LogP contribution is -2.38. The third-order valence-corrected chi connectivity index (χ3v) is 4.43. The molecule has 1 fully saturated rings. The monoisotopic (exact) mass is 314 g/mol. The molecule has 1 aromatic heterocycles. The van der Waals surface area contributed by atoms with Gasteiger partial charge in [-0.25, -0.2) is 0 Å². The molecule has 1 unspecified atom stereocenters. The van der Waals surface area contributed by atoms with E-state index in [1.54, 1.807) is 6.92 Å². The van der Waals surface area contributed by atoms with Gasteiger partial charge in [-0.15, -0.1) is 0 Å². The Morgan fingerprint density at radius 3 is 2.57 bits per heavy atom. The van der Waals surface area contributed by atoms with Crippen LogP contribution < -0.4 is 0 Å². The van der Waals surface area contributed by atoms with Crippen LogP contribution in [0.3, 0.4) is 0 Å². The Kier molecular flexibility index (Phi) is 4.48. The summed E-state index contributed by atoms with van der Waals surface area (Å²) in [5.74, 6) is 0.784. The summed E-state index contributed by atoms with van der Waals surface area (Å²) < 4.78 is 5.30. The minimum Gasteiger partial charge on any atom is -0.385 e. The van der Waals surface area contributed by atoms with Crippen molar-refractivity contribution in [2.75, 3.05) is 13.1 Å². The van der Waals surface area contributed by atoms with E-state index in [-0.39, 0.29) is 11.7 Å². The number of carbonyl (C=O) groups excluding carboxylic acids is 1. The van der Waals surface area contributed by atoms with E-state index in [1.165, 1.54) is 0 Å². The number of benzene rings is 1. The van der Waals surface area contributed by atoms with Crippen molar-refractivity contribution in [1.29, 1.82) is 0 Å². The van der Waals surface area contributed by atoms with Crippen molar-refractivity contribution in [2.24, 2.45) is 5.92 Å². The Morgan fingerprint density at radius 1 is 1.30 bits per heavy atom. The van der Waals surface area contributed by atoms with Gasteiger partial charge in [0.2, 0.25) is 0 Å². The molecule has 122 valence electrons. The highest BCUT2D eigenvalue weighted by Crippen LogP contribution is 2.31. The highest BCUT2D eigenvalue weighted by molar-refractivity contribution is 6.01. The van der Waals surface area contributed by atoms with E-state index in [0.29, 0.717) is 17.2 Å². The predicted molar refractivity (Wildman–Crippen MR) is 86.9 cm³/mol. The average molecular weight is 314 g/mol. The van der Waals surface area contributed by atoms with Crippen LogP contribution in [0.4, 0.5) is 0 Å². The fourth-order valence-electron chi connectivity index (χ4n) is 2.96. The Morgan fingerprint density at radius 2 is 1.96 bits per heavy atom. The molecule has 5 heteroatoms. The molecule has 0 spiro atoms. The Hall–Kier alpha value is -2.14. The molecule has 1 saturated heterocycles. The second-order valence-corrected chi connectivity index (χ2v) is 6.29. The molecule has 1 aromatic carbocycles. The Bertz CT molecular complexity index is 671. The van der Waals surface area contributed by atoms with Gasteiger partial charge in [0.1, 0.15) is 17.4 Å². The second kappa shape index (κ2) is 6.54. The fourth-order valence-corrected chi connectivity index (χ4v) is 2.96. The molecule has 1 N–H and O–H groups in total. The van der Waals surface area contributed by atoms with Crippen LogP contribution >= 0.6 is 0 Å². The molecule has 1 atom stereocenters. The number of nitrogens with zero attached hydrogens (tertiary/aromatic N) is 2. The summed E-state index contributed by atoms with van der Waals surface area (Å²) in [6, 6.07) is 9.47. The lowest BCUT2D eigenvalue weighted by atomic mass is 9.97. The molecule has 0 aliphatic carbocycles. The minimum atomic E-state index is -0.873. The highest BCUT2D eigenvalue weighted by atomic mass is 16.5. The first kappa shape index (κ1) is 15.7. The van der Waals surface area contributed by atoms with E-state index in [0.717, 1.165) is 31.5 Å². The van der Waals surface area contributed by atoms with Crippen molar-refractivity contribution in [3.05, 3.63) is 41.7 Å². The molecule has 2 aromatic rings. The molecule has 1 aliphatic heterocycles. The maximum absolute atomic E-state index is 13.0. The SMILES string of the molecule is CC1CCN(C(=O)c2c(-c3ccccc3)noc2C(C)O)CC1. The summed E-state index contributed by atoms with van der Waals surface area (Å²) in [5, 5.41) is 14.0. The van der Waals surface area contributed by atoms with Crippen LogP contribution in [0.2, 0.25) is 0 Å².